The van der Waals surface area contributed by atoms with Crippen molar-refractivity contribution in [3.63, 3.8) is 0 Å². The van der Waals surface area contributed by atoms with E-state index in [1.165, 1.54) is 25.7 Å². The van der Waals surface area contributed by atoms with Gasteiger partial charge in [-0.1, -0.05) is 31.0 Å². The van der Waals surface area contributed by atoms with Crippen LogP contribution in [0.5, 0.6) is 5.75 Å². The van der Waals surface area contributed by atoms with Gasteiger partial charge in [-0.25, -0.2) is 4.98 Å². The molecule has 1 aliphatic carbocycles. The van der Waals surface area contributed by atoms with Crippen LogP contribution in [0.2, 0.25) is 0 Å². The van der Waals surface area contributed by atoms with Crippen molar-refractivity contribution in [3.8, 4) is 5.75 Å². The molecule has 3 aromatic rings. The Morgan fingerprint density at radius 3 is 2.56 bits per heavy atom. The molecule has 1 aromatic heterocycles. The van der Waals surface area contributed by atoms with Gasteiger partial charge in [-0.05, 0) is 62.4 Å². The Morgan fingerprint density at radius 2 is 1.82 bits per heavy atom. The number of aromatic nitrogens is 2. The number of aryl methyl sites for hydroxylation is 1. The first-order valence-corrected chi connectivity index (χ1v) is 12.6. The van der Waals surface area contributed by atoms with Gasteiger partial charge in [-0.15, -0.1) is 0 Å². The van der Waals surface area contributed by atoms with Crippen LogP contribution < -0.4 is 4.74 Å². The van der Waals surface area contributed by atoms with E-state index >= 15 is 0 Å². The number of piperidine rings is 1. The number of ether oxygens (including phenoxy) is 1. The van der Waals surface area contributed by atoms with E-state index in [0.29, 0.717) is 17.9 Å². The standard InChI is InChI=1S/C28H36N4O2/c1-20-29-25-10-6-7-11-26(25)32(20)19-21-12-13-24(27(18-21)34-3)28(33)30(2)22-14-16-31(17-15-22)23-8-4-5-9-23/h6-7,10-13,18,22-23H,4-5,8-9,14-17,19H2,1-3H3. The lowest BCUT2D eigenvalue weighted by molar-refractivity contribution is 0.0596. The Labute approximate surface area is 202 Å². The number of carbonyl (C=O) groups is 1. The summed E-state index contributed by atoms with van der Waals surface area (Å²) in [5, 5.41) is 0. The lowest BCUT2D eigenvalue weighted by atomic mass is 10.00. The van der Waals surface area contributed by atoms with Crippen molar-refractivity contribution in [1.82, 2.24) is 19.4 Å². The number of rotatable bonds is 6. The Kier molecular flexibility index (Phi) is 6.59. The number of benzene rings is 2. The van der Waals surface area contributed by atoms with Gasteiger partial charge in [0, 0.05) is 38.8 Å². The number of likely N-dealkylation sites (tertiary alicyclic amines) is 1. The third kappa shape index (κ3) is 4.43. The lowest BCUT2D eigenvalue weighted by Crippen LogP contribution is -2.48. The monoisotopic (exact) mass is 460 g/mol. The average Bonchev–Trinajstić information content (AvgIpc) is 3.52. The largest absolute Gasteiger partial charge is 0.496 e. The molecule has 1 amide bonds. The predicted octanol–water partition coefficient (Wildman–Crippen LogP) is 4.88. The number of amides is 1. The number of para-hydroxylation sites is 2. The third-order valence-corrected chi connectivity index (χ3v) is 7.89. The minimum atomic E-state index is 0.0481. The summed E-state index contributed by atoms with van der Waals surface area (Å²) < 4.78 is 7.89. The van der Waals surface area contributed by atoms with Crippen LogP contribution >= 0.6 is 0 Å². The maximum atomic E-state index is 13.4. The third-order valence-electron chi connectivity index (χ3n) is 7.89. The molecule has 0 unspecified atom stereocenters. The zero-order chi connectivity index (χ0) is 23.7. The van der Waals surface area contributed by atoms with Gasteiger partial charge in [0.1, 0.15) is 11.6 Å². The SMILES string of the molecule is COc1cc(Cn2c(C)nc3ccccc32)ccc1C(=O)N(C)C1CCN(C2CCCC2)CC1. The molecule has 1 saturated carbocycles. The molecule has 2 fully saturated rings. The highest BCUT2D eigenvalue weighted by Gasteiger charge is 2.31. The van der Waals surface area contributed by atoms with Gasteiger partial charge in [-0.2, -0.15) is 0 Å². The van der Waals surface area contributed by atoms with Crippen molar-refractivity contribution in [1.29, 1.82) is 0 Å². The van der Waals surface area contributed by atoms with Gasteiger partial charge >= 0.3 is 0 Å². The smallest absolute Gasteiger partial charge is 0.257 e. The van der Waals surface area contributed by atoms with Crippen LogP contribution in [0.25, 0.3) is 11.0 Å². The molecule has 1 saturated heterocycles. The predicted molar refractivity (Wildman–Crippen MR) is 136 cm³/mol. The van der Waals surface area contributed by atoms with Crippen molar-refractivity contribution in [2.75, 3.05) is 27.2 Å². The summed E-state index contributed by atoms with van der Waals surface area (Å²) in [5.74, 6) is 1.66. The van der Waals surface area contributed by atoms with E-state index in [1.807, 2.05) is 55.3 Å². The van der Waals surface area contributed by atoms with E-state index in [9.17, 15) is 4.79 Å². The minimum absolute atomic E-state index is 0.0481. The zero-order valence-corrected chi connectivity index (χ0v) is 20.7. The van der Waals surface area contributed by atoms with E-state index in [1.54, 1.807) is 7.11 Å². The highest BCUT2D eigenvalue weighted by molar-refractivity contribution is 5.97. The zero-order valence-electron chi connectivity index (χ0n) is 20.7. The summed E-state index contributed by atoms with van der Waals surface area (Å²) in [6.45, 7) is 4.91. The van der Waals surface area contributed by atoms with E-state index in [4.69, 9.17) is 4.74 Å². The Hall–Kier alpha value is -2.86. The molecule has 34 heavy (non-hydrogen) atoms. The van der Waals surface area contributed by atoms with Crippen LogP contribution in [0.1, 0.15) is 60.3 Å². The van der Waals surface area contributed by atoms with Gasteiger partial charge in [0.15, 0.2) is 0 Å². The Balaban J connectivity index is 1.29. The van der Waals surface area contributed by atoms with Crippen molar-refractivity contribution in [2.24, 2.45) is 0 Å². The summed E-state index contributed by atoms with van der Waals surface area (Å²) in [6.07, 6.45) is 7.53. The second-order valence-corrected chi connectivity index (χ2v) is 9.89. The molecule has 2 aliphatic rings. The van der Waals surface area contributed by atoms with Gasteiger partial charge in [-0.3, -0.25) is 4.79 Å². The molecule has 0 bridgehead atoms. The number of fused-ring (bicyclic) bond motifs is 1. The van der Waals surface area contributed by atoms with Gasteiger partial charge in [0.25, 0.3) is 5.91 Å². The maximum absolute atomic E-state index is 13.4. The second-order valence-electron chi connectivity index (χ2n) is 9.89. The average molecular weight is 461 g/mol. The number of hydrogen-bond acceptors (Lipinski definition) is 4. The van der Waals surface area contributed by atoms with Gasteiger partial charge in [0.05, 0.1) is 23.7 Å². The Bertz CT molecular complexity index is 1160. The molecular formula is C28H36N4O2. The number of nitrogens with zero attached hydrogens (tertiary/aromatic N) is 4. The molecule has 6 heteroatoms. The maximum Gasteiger partial charge on any atom is 0.257 e. The van der Waals surface area contributed by atoms with E-state index < -0.39 is 0 Å². The van der Waals surface area contributed by atoms with Crippen molar-refractivity contribution in [2.45, 2.75) is 64.1 Å². The summed E-state index contributed by atoms with van der Waals surface area (Å²) >= 11 is 0. The van der Waals surface area contributed by atoms with Crippen LogP contribution in [0.4, 0.5) is 0 Å². The lowest BCUT2D eigenvalue weighted by Gasteiger charge is -2.39. The molecule has 5 rings (SSSR count). The first-order chi connectivity index (χ1) is 16.5. The van der Waals surface area contributed by atoms with Crippen molar-refractivity contribution in [3.05, 3.63) is 59.4 Å². The molecule has 180 valence electrons. The molecule has 0 atom stereocenters. The molecule has 0 N–H and O–H groups in total. The van der Waals surface area contributed by atoms with Crippen LogP contribution in [0, 0.1) is 6.92 Å². The quantitative estimate of drug-likeness (QED) is 0.526. The summed E-state index contributed by atoms with van der Waals surface area (Å²) in [7, 11) is 3.60. The molecule has 0 spiro atoms. The van der Waals surface area contributed by atoms with Crippen molar-refractivity contribution < 1.29 is 9.53 Å². The van der Waals surface area contributed by atoms with E-state index in [-0.39, 0.29) is 11.9 Å². The molecule has 1 aliphatic heterocycles. The van der Waals surface area contributed by atoms with Crippen LogP contribution in [-0.2, 0) is 6.54 Å². The molecule has 0 radical (unpaired) electrons. The fourth-order valence-corrected chi connectivity index (χ4v) is 5.85. The number of carbonyl (C=O) groups excluding carboxylic acids is 1. The highest BCUT2D eigenvalue weighted by Crippen LogP contribution is 2.29. The fraction of sp³-hybridized carbons (Fsp3) is 0.500. The molecule has 6 nitrogen and oxygen atoms in total. The number of methoxy groups -OCH3 is 1. The molecule has 2 heterocycles. The fourth-order valence-electron chi connectivity index (χ4n) is 5.85. The number of hydrogen-bond donors (Lipinski definition) is 0. The molecule has 2 aromatic carbocycles. The van der Waals surface area contributed by atoms with Crippen LogP contribution in [0.3, 0.4) is 0 Å². The van der Waals surface area contributed by atoms with Crippen LogP contribution in [-0.4, -0.2) is 64.6 Å². The summed E-state index contributed by atoms with van der Waals surface area (Å²) in [4.78, 5) is 22.7. The van der Waals surface area contributed by atoms with Gasteiger partial charge < -0.3 is 19.1 Å². The first-order valence-electron chi connectivity index (χ1n) is 12.6. The Morgan fingerprint density at radius 1 is 1.09 bits per heavy atom. The van der Waals surface area contributed by atoms with Gasteiger partial charge in [0.2, 0.25) is 0 Å². The van der Waals surface area contributed by atoms with E-state index in [2.05, 4.69) is 20.5 Å². The van der Waals surface area contributed by atoms with Crippen LogP contribution in [0.15, 0.2) is 42.5 Å². The number of imidazole rings is 1. The van der Waals surface area contributed by atoms with Crippen molar-refractivity contribution >= 4 is 16.9 Å². The normalized spacial score (nSPS) is 18.0. The highest BCUT2D eigenvalue weighted by atomic mass is 16.5. The summed E-state index contributed by atoms with van der Waals surface area (Å²) in [5.41, 5.74) is 3.84. The summed E-state index contributed by atoms with van der Waals surface area (Å²) in [6, 6.07) is 15.2. The second kappa shape index (κ2) is 9.79. The minimum Gasteiger partial charge on any atom is -0.496 e. The first kappa shape index (κ1) is 22.9. The molecular weight excluding hydrogens is 424 g/mol. The van der Waals surface area contributed by atoms with E-state index in [0.717, 1.165) is 54.4 Å². The topological polar surface area (TPSA) is 50.6 Å².